The van der Waals surface area contributed by atoms with Crippen LogP contribution in [0, 0.1) is 23.3 Å². The maximum atomic E-state index is 14.0. The minimum atomic E-state index is -1.78. The van der Waals surface area contributed by atoms with Gasteiger partial charge in [-0.3, -0.25) is 0 Å². The Bertz CT molecular complexity index is 592. The van der Waals surface area contributed by atoms with Crippen molar-refractivity contribution >= 4 is 35.0 Å². The number of rotatable bonds is 0. The molecule has 0 radical (unpaired) electrons. The fourth-order valence-electron chi connectivity index (χ4n) is 3.54. The lowest BCUT2D eigenvalue weighted by molar-refractivity contribution is 0.310. The molecular weight excluding hydrogens is 323 g/mol. The van der Waals surface area contributed by atoms with Crippen LogP contribution in [0.4, 0.5) is 17.6 Å². The van der Waals surface area contributed by atoms with Crippen molar-refractivity contribution in [2.24, 2.45) is 0 Å². The van der Waals surface area contributed by atoms with Gasteiger partial charge in [0.15, 0.2) is 23.3 Å². The van der Waals surface area contributed by atoms with Gasteiger partial charge in [0.1, 0.15) is 0 Å². The van der Waals surface area contributed by atoms with E-state index in [0.29, 0.717) is 0 Å². The van der Waals surface area contributed by atoms with E-state index in [1.54, 1.807) is 0 Å². The van der Waals surface area contributed by atoms with Crippen LogP contribution in [0.5, 0.6) is 0 Å². The Labute approximate surface area is 120 Å². The summed E-state index contributed by atoms with van der Waals surface area (Å²) in [6, 6.07) is 0. The number of alkyl halides is 2. The third-order valence-electron chi connectivity index (χ3n) is 4.34. The number of halogens is 6. The molecule has 19 heavy (non-hydrogen) atoms. The summed E-state index contributed by atoms with van der Waals surface area (Å²) in [6.07, 6.45) is 0. The van der Waals surface area contributed by atoms with Gasteiger partial charge in [0.05, 0.1) is 10.8 Å². The zero-order valence-electron chi connectivity index (χ0n) is 9.14. The highest BCUT2D eigenvalue weighted by molar-refractivity contribution is 8.02. The standard InChI is InChI=1S/C12H6Cl2F4S/c13-5-3-1-2(4-11(5)19-12(4)6(3)14)8(16)10(18)9(17)7(1)15/h3-6,11-12H/t3?,4?,5-,6+,11-,12+. The van der Waals surface area contributed by atoms with E-state index in [2.05, 4.69) is 0 Å². The highest BCUT2D eigenvalue weighted by Crippen LogP contribution is 2.68. The number of hydrogen-bond acceptors (Lipinski definition) is 1. The topological polar surface area (TPSA) is 0 Å². The molecule has 7 heteroatoms. The predicted octanol–water partition coefficient (Wildman–Crippen LogP) is 4.14. The normalized spacial score (nSPS) is 42.0. The fraction of sp³-hybridized carbons (Fsp3) is 0.500. The van der Waals surface area contributed by atoms with Crippen LogP contribution in [0.1, 0.15) is 23.0 Å². The highest BCUT2D eigenvalue weighted by atomic mass is 35.5. The third kappa shape index (κ3) is 1.26. The average Bonchev–Trinajstić information content (AvgIpc) is 2.33. The van der Waals surface area contributed by atoms with Crippen molar-refractivity contribution in [1.29, 1.82) is 0 Å². The Morgan fingerprint density at radius 1 is 0.684 bits per heavy atom. The lowest BCUT2D eigenvalue weighted by Gasteiger charge is -2.61. The minimum absolute atomic E-state index is 0.0519. The van der Waals surface area contributed by atoms with E-state index < -0.39 is 45.9 Å². The maximum Gasteiger partial charge on any atom is 0.197 e. The quantitative estimate of drug-likeness (QED) is 0.298. The summed E-state index contributed by atoms with van der Waals surface area (Å²) in [6.45, 7) is 0. The summed E-state index contributed by atoms with van der Waals surface area (Å²) in [5.74, 6) is -7.23. The molecule has 2 aliphatic heterocycles. The van der Waals surface area contributed by atoms with E-state index in [1.165, 1.54) is 11.8 Å². The maximum absolute atomic E-state index is 14.0. The van der Waals surface area contributed by atoms with Crippen molar-refractivity contribution in [3.8, 4) is 0 Å². The molecule has 3 aliphatic carbocycles. The van der Waals surface area contributed by atoms with Crippen molar-refractivity contribution in [2.75, 3.05) is 0 Å². The van der Waals surface area contributed by atoms with Gasteiger partial charge in [-0.15, -0.1) is 23.2 Å². The van der Waals surface area contributed by atoms with Crippen LogP contribution < -0.4 is 0 Å². The van der Waals surface area contributed by atoms with E-state index in [4.69, 9.17) is 23.2 Å². The first kappa shape index (κ1) is 12.6. The van der Waals surface area contributed by atoms with E-state index in [0.717, 1.165) is 0 Å². The first-order valence-electron chi connectivity index (χ1n) is 5.74. The number of hydrogen-bond donors (Lipinski definition) is 0. The predicted molar refractivity (Wildman–Crippen MR) is 66.2 cm³/mol. The summed E-state index contributed by atoms with van der Waals surface area (Å²) in [5, 5.41) is -1.15. The Hall–Kier alpha value is -0.130. The molecule has 3 fully saturated rings. The molecule has 1 saturated carbocycles. The molecule has 102 valence electrons. The first-order chi connectivity index (χ1) is 8.95. The monoisotopic (exact) mass is 328 g/mol. The molecule has 2 saturated heterocycles. The zero-order valence-corrected chi connectivity index (χ0v) is 11.5. The smallest absolute Gasteiger partial charge is 0.197 e. The van der Waals surface area contributed by atoms with Crippen LogP contribution in [0.2, 0.25) is 0 Å². The summed E-state index contributed by atoms with van der Waals surface area (Å²) < 4.78 is 54.7. The molecular formula is C12H6Cl2F4S. The van der Waals surface area contributed by atoms with Gasteiger partial charge in [0, 0.05) is 33.5 Å². The van der Waals surface area contributed by atoms with E-state index in [1.807, 2.05) is 0 Å². The van der Waals surface area contributed by atoms with Gasteiger partial charge < -0.3 is 0 Å². The second-order valence-electron chi connectivity index (χ2n) is 5.09. The third-order valence-corrected chi connectivity index (χ3v) is 7.53. The van der Waals surface area contributed by atoms with Crippen LogP contribution in [0.3, 0.4) is 0 Å². The molecule has 4 bridgehead atoms. The zero-order chi connectivity index (χ0) is 13.6. The van der Waals surface area contributed by atoms with Crippen LogP contribution in [0.15, 0.2) is 0 Å². The minimum Gasteiger partial charge on any atom is -0.203 e. The SMILES string of the molecule is Fc1c(F)c(F)c2c(c1F)C1[C@@H](Cl)[C@@H]3S[C@@H](C23)[C@H]1Cl. The summed E-state index contributed by atoms with van der Waals surface area (Å²) in [4.78, 5) is 0. The summed E-state index contributed by atoms with van der Waals surface area (Å²) >= 11 is 14.0. The molecule has 6 atom stereocenters. The molecule has 0 N–H and O–H groups in total. The lowest BCUT2D eigenvalue weighted by atomic mass is 9.64. The van der Waals surface area contributed by atoms with E-state index in [9.17, 15) is 17.6 Å². The molecule has 2 heterocycles. The molecule has 2 unspecified atom stereocenters. The van der Waals surface area contributed by atoms with Gasteiger partial charge in [-0.25, -0.2) is 17.6 Å². The van der Waals surface area contributed by atoms with Gasteiger partial charge in [0.2, 0.25) is 0 Å². The van der Waals surface area contributed by atoms with Crippen LogP contribution in [-0.2, 0) is 0 Å². The van der Waals surface area contributed by atoms with Crippen LogP contribution in [0.25, 0.3) is 0 Å². The van der Waals surface area contributed by atoms with Gasteiger partial charge in [-0.2, -0.15) is 11.8 Å². The number of benzene rings is 1. The average molecular weight is 329 g/mol. The second kappa shape index (κ2) is 3.74. The molecule has 5 aliphatic rings. The highest BCUT2D eigenvalue weighted by Gasteiger charge is 2.65. The van der Waals surface area contributed by atoms with Gasteiger partial charge in [-0.1, -0.05) is 0 Å². The molecule has 0 aromatic heterocycles. The molecule has 0 spiro atoms. The van der Waals surface area contributed by atoms with E-state index >= 15 is 0 Å². The lowest BCUT2D eigenvalue weighted by Crippen LogP contribution is -2.62. The fourth-order valence-corrected chi connectivity index (χ4v) is 6.53. The van der Waals surface area contributed by atoms with Crippen molar-refractivity contribution in [3.63, 3.8) is 0 Å². The second-order valence-corrected chi connectivity index (χ2v) is 7.46. The number of thioether (sulfide) groups is 1. The Morgan fingerprint density at radius 3 is 1.58 bits per heavy atom. The Balaban J connectivity index is 2.06. The Kier molecular flexibility index (Phi) is 2.48. The van der Waals surface area contributed by atoms with Crippen molar-refractivity contribution in [1.82, 2.24) is 0 Å². The summed E-state index contributed by atoms with van der Waals surface area (Å²) in [5.41, 5.74) is -0.210. The molecule has 0 nitrogen and oxygen atoms in total. The molecule has 1 aromatic rings. The summed E-state index contributed by atoms with van der Waals surface area (Å²) in [7, 11) is 0. The molecule has 6 rings (SSSR count). The van der Waals surface area contributed by atoms with Gasteiger partial charge in [-0.05, 0) is 0 Å². The molecule has 0 amide bonds. The largest absolute Gasteiger partial charge is 0.203 e. The van der Waals surface area contributed by atoms with Gasteiger partial charge in [0.25, 0.3) is 0 Å². The van der Waals surface area contributed by atoms with Crippen LogP contribution >= 0.6 is 35.0 Å². The van der Waals surface area contributed by atoms with Crippen molar-refractivity contribution < 1.29 is 17.6 Å². The van der Waals surface area contributed by atoms with Crippen molar-refractivity contribution in [3.05, 3.63) is 34.4 Å². The first-order valence-corrected chi connectivity index (χ1v) is 7.56. The van der Waals surface area contributed by atoms with E-state index in [-0.39, 0.29) is 21.6 Å². The molecule has 1 aromatic carbocycles. The van der Waals surface area contributed by atoms with Crippen molar-refractivity contribution in [2.45, 2.75) is 33.1 Å². The van der Waals surface area contributed by atoms with Gasteiger partial charge >= 0.3 is 0 Å². The Morgan fingerprint density at radius 2 is 1.11 bits per heavy atom. The van der Waals surface area contributed by atoms with Crippen LogP contribution in [-0.4, -0.2) is 21.3 Å².